The molecule has 0 saturated carbocycles. The van der Waals surface area contributed by atoms with Crippen molar-refractivity contribution in [3.05, 3.63) is 63.8 Å². The molecule has 0 bridgehead atoms. The van der Waals surface area contributed by atoms with Crippen LogP contribution in [0.3, 0.4) is 0 Å². The second-order valence-electron chi connectivity index (χ2n) is 4.84. The molecule has 0 aliphatic carbocycles. The molecule has 0 aliphatic heterocycles. The Morgan fingerprint density at radius 1 is 0.905 bits per heavy atom. The lowest BCUT2D eigenvalue weighted by atomic mass is 10.2. The SMILES string of the molecule is c1ccc(-c2nc(CCNCCc3cccs3)cs2)cc1. The summed E-state index contributed by atoms with van der Waals surface area (Å²) in [6.45, 7) is 2.03. The summed E-state index contributed by atoms with van der Waals surface area (Å²) in [5.74, 6) is 0. The lowest BCUT2D eigenvalue weighted by Crippen LogP contribution is -2.19. The molecule has 0 spiro atoms. The summed E-state index contributed by atoms with van der Waals surface area (Å²) >= 11 is 3.55. The molecule has 0 unspecified atom stereocenters. The van der Waals surface area contributed by atoms with Gasteiger partial charge in [0.25, 0.3) is 0 Å². The van der Waals surface area contributed by atoms with Gasteiger partial charge in [-0.1, -0.05) is 36.4 Å². The van der Waals surface area contributed by atoms with E-state index >= 15 is 0 Å². The quantitative estimate of drug-likeness (QED) is 0.660. The second kappa shape index (κ2) is 7.50. The first-order valence-corrected chi connectivity index (χ1v) is 8.91. The normalized spacial score (nSPS) is 10.9. The average molecular weight is 314 g/mol. The zero-order chi connectivity index (χ0) is 14.3. The molecular formula is C17H18N2S2. The van der Waals surface area contributed by atoms with Gasteiger partial charge in [-0.25, -0.2) is 4.98 Å². The van der Waals surface area contributed by atoms with E-state index < -0.39 is 0 Å². The van der Waals surface area contributed by atoms with E-state index in [0.717, 1.165) is 30.9 Å². The Labute approximate surface area is 133 Å². The van der Waals surface area contributed by atoms with Crippen molar-refractivity contribution in [3.63, 3.8) is 0 Å². The number of nitrogens with one attached hydrogen (secondary N) is 1. The van der Waals surface area contributed by atoms with E-state index in [4.69, 9.17) is 4.98 Å². The van der Waals surface area contributed by atoms with E-state index in [1.54, 1.807) is 11.3 Å². The zero-order valence-corrected chi connectivity index (χ0v) is 13.4. The number of aromatic nitrogens is 1. The van der Waals surface area contributed by atoms with Gasteiger partial charge >= 0.3 is 0 Å². The highest BCUT2D eigenvalue weighted by atomic mass is 32.1. The Balaban J connectivity index is 1.43. The van der Waals surface area contributed by atoms with Crippen LogP contribution in [0.15, 0.2) is 53.2 Å². The number of thiophene rings is 1. The van der Waals surface area contributed by atoms with Crippen LogP contribution >= 0.6 is 22.7 Å². The molecule has 0 aliphatic rings. The van der Waals surface area contributed by atoms with E-state index in [1.807, 2.05) is 17.4 Å². The van der Waals surface area contributed by atoms with Crippen molar-refractivity contribution >= 4 is 22.7 Å². The van der Waals surface area contributed by atoms with E-state index in [-0.39, 0.29) is 0 Å². The van der Waals surface area contributed by atoms with Crippen molar-refractivity contribution in [1.29, 1.82) is 0 Å². The molecule has 1 aromatic carbocycles. The van der Waals surface area contributed by atoms with Crippen molar-refractivity contribution < 1.29 is 0 Å². The van der Waals surface area contributed by atoms with Crippen molar-refractivity contribution in [3.8, 4) is 10.6 Å². The standard InChI is InChI=1S/C17H18N2S2/c1-2-5-14(6-3-1)17-19-15(13-21-17)8-10-18-11-9-16-7-4-12-20-16/h1-7,12-13,18H,8-11H2. The minimum Gasteiger partial charge on any atom is -0.316 e. The third-order valence-electron chi connectivity index (χ3n) is 3.26. The first-order chi connectivity index (χ1) is 10.4. The second-order valence-corrected chi connectivity index (χ2v) is 6.73. The van der Waals surface area contributed by atoms with Crippen LogP contribution in [-0.4, -0.2) is 18.1 Å². The van der Waals surface area contributed by atoms with Gasteiger partial charge in [0.2, 0.25) is 0 Å². The molecule has 4 heteroatoms. The average Bonchev–Trinajstić information content (AvgIpc) is 3.19. The highest BCUT2D eigenvalue weighted by molar-refractivity contribution is 7.13. The fourth-order valence-electron chi connectivity index (χ4n) is 2.14. The third kappa shape index (κ3) is 4.24. The molecule has 108 valence electrons. The fraction of sp³-hybridized carbons (Fsp3) is 0.235. The van der Waals surface area contributed by atoms with Gasteiger partial charge < -0.3 is 5.32 Å². The summed E-state index contributed by atoms with van der Waals surface area (Å²) < 4.78 is 0. The molecular weight excluding hydrogens is 296 g/mol. The maximum atomic E-state index is 4.71. The van der Waals surface area contributed by atoms with E-state index in [0.29, 0.717) is 0 Å². The molecule has 2 heterocycles. The molecule has 2 nitrogen and oxygen atoms in total. The highest BCUT2D eigenvalue weighted by Gasteiger charge is 2.03. The summed E-state index contributed by atoms with van der Waals surface area (Å²) in [6, 6.07) is 14.7. The van der Waals surface area contributed by atoms with Gasteiger partial charge in [-0.05, 0) is 24.4 Å². The van der Waals surface area contributed by atoms with E-state index in [1.165, 1.54) is 16.1 Å². The molecule has 0 radical (unpaired) electrons. The van der Waals surface area contributed by atoms with Crippen LogP contribution in [0.2, 0.25) is 0 Å². The van der Waals surface area contributed by atoms with Crippen LogP contribution in [0.1, 0.15) is 10.6 Å². The molecule has 1 N–H and O–H groups in total. The van der Waals surface area contributed by atoms with Gasteiger partial charge in [0.05, 0.1) is 5.69 Å². The number of rotatable bonds is 7. The summed E-state index contributed by atoms with van der Waals surface area (Å²) in [5, 5.41) is 8.91. The Bertz CT molecular complexity index is 645. The van der Waals surface area contributed by atoms with Crippen LogP contribution < -0.4 is 5.32 Å². The number of benzene rings is 1. The number of nitrogens with zero attached hydrogens (tertiary/aromatic N) is 1. The van der Waals surface area contributed by atoms with Crippen LogP contribution in [0, 0.1) is 0 Å². The number of hydrogen-bond acceptors (Lipinski definition) is 4. The lowest BCUT2D eigenvalue weighted by Gasteiger charge is -2.02. The Kier molecular flexibility index (Phi) is 5.16. The van der Waals surface area contributed by atoms with Gasteiger partial charge in [0, 0.05) is 28.8 Å². The van der Waals surface area contributed by atoms with Gasteiger partial charge in [0.1, 0.15) is 5.01 Å². The smallest absolute Gasteiger partial charge is 0.123 e. The van der Waals surface area contributed by atoms with E-state index in [9.17, 15) is 0 Å². The third-order valence-corrected chi connectivity index (χ3v) is 5.14. The van der Waals surface area contributed by atoms with E-state index in [2.05, 4.69) is 52.5 Å². The summed E-state index contributed by atoms with van der Waals surface area (Å²) in [6.07, 6.45) is 2.11. The molecule has 3 rings (SSSR count). The fourth-order valence-corrected chi connectivity index (χ4v) is 3.71. The molecule has 0 atom stereocenters. The first kappa shape index (κ1) is 14.4. The maximum absolute atomic E-state index is 4.71. The molecule has 3 aromatic rings. The van der Waals surface area contributed by atoms with Crippen LogP contribution in [0.5, 0.6) is 0 Å². The number of thiazole rings is 1. The summed E-state index contributed by atoms with van der Waals surface area (Å²) in [5.41, 5.74) is 2.39. The van der Waals surface area contributed by atoms with Crippen molar-refractivity contribution in [1.82, 2.24) is 10.3 Å². The van der Waals surface area contributed by atoms with Gasteiger partial charge in [-0.3, -0.25) is 0 Å². The molecule has 0 saturated heterocycles. The Hall–Kier alpha value is -1.49. The molecule has 0 fully saturated rings. The van der Waals surface area contributed by atoms with Crippen LogP contribution in [0.4, 0.5) is 0 Å². The monoisotopic (exact) mass is 314 g/mol. The van der Waals surface area contributed by atoms with Crippen LogP contribution in [-0.2, 0) is 12.8 Å². The summed E-state index contributed by atoms with van der Waals surface area (Å²) in [4.78, 5) is 6.16. The van der Waals surface area contributed by atoms with Gasteiger partial charge in [0.15, 0.2) is 0 Å². The molecule has 0 amide bonds. The van der Waals surface area contributed by atoms with Crippen molar-refractivity contribution in [2.45, 2.75) is 12.8 Å². The minimum atomic E-state index is 0.989. The predicted molar refractivity (Wildman–Crippen MR) is 92.1 cm³/mol. The Morgan fingerprint density at radius 2 is 1.76 bits per heavy atom. The largest absolute Gasteiger partial charge is 0.316 e. The minimum absolute atomic E-state index is 0.989. The van der Waals surface area contributed by atoms with Gasteiger partial charge in [-0.15, -0.1) is 22.7 Å². The van der Waals surface area contributed by atoms with Crippen LogP contribution in [0.25, 0.3) is 10.6 Å². The van der Waals surface area contributed by atoms with Crippen molar-refractivity contribution in [2.24, 2.45) is 0 Å². The molecule has 2 aromatic heterocycles. The first-order valence-electron chi connectivity index (χ1n) is 7.15. The van der Waals surface area contributed by atoms with Crippen molar-refractivity contribution in [2.75, 3.05) is 13.1 Å². The topological polar surface area (TPSA) is 24.9 Å². The predicted octanol–water partition coefficient (Wildman–Crippen LogP) is 4.25. The Morgan fingerprint density at radius 3 is 2.57 bits per heavy atom. The van der Waals surface area contributed by atoms with Gasteiger partial charge in [-0.2, -0.15) is 0 Å². The number of hydrogen-bond donors (Lipinski definition) is 1. The maximum Gasteiger partial charge on any atom is 0.123 e. The summed E-state index contributed by atoms with van der Waals surface area (Å²) in [7, 11) is 0. The molecule has 21 heavy (non-hydrogen) atoms. The lowest BCUT2D eigenvalue weighted by molar-refractivity contribution is 0.680. The highest BCUT2D eigenvalue weighted by Crippen LogP contribution is 2.23. The zero-order valence-electron chi connectivity index (χ0n) is 11.8.